The lowest BCUT2D eigenvalue weighted by Gasteiger charge is -2.11. The number of benzene rings is 1. The summed E-state index contributed by atoms with van der Waals surface area (Å²) in [7, 11) is 0. The molecular weight excluding hydrogens is 440 g/mol. The van der Waals surface area contributed by atoms with E-state index < -0.39 is 0 Å². The van der Waals surface area contributed by atoms with E-state index in [0.29, 0.717) is 21.7 Å². The van der Waals surface area contributed by atoms with Gasteiger partial charge in [-0.25, -0.2) is 9.67 Å². The van der Waals surface area contributed by atoms with Crippen LogP contribution in [0.4, 0.5) is 5.13 Å². The van der Waals surface area contributed by atoms with E-state index >= 15 is 0 Å². The summed E-state index contributed by atoms with van der Waals surface area (Å²) in [5.41, 5.74) is 5.00. The van der Waals surface area contributed by atoms with Gasteiger partial charge in [0.05, 0.1) is 22.8 Å². The Hall–Kier alpha value is -3.43. The molecule has 1 aromatic carbocycles. The normalized spacial score (nSPS) is 11.4. The standard InChI is InChI=1S/C23H20N6OS2/c1-13(2)29-20-18(11-24-29)17(10-19(25-20)16-7-5-4-6-14(16)3)21(30)26-23-28-27-22(32-23)15-8-9-31-12-15/h4-13H,1-3H3,(H,26,28,30). The fourth-order valence-electron chi connectivity index (χ4n) is 3.52. The van der Waals surface area contributed by atoms with Crippen LogP contribution in [0, 0.1) is 6.92 Å². The van der Waals surface area contributed by atoms with Crippen LogP contribution >= 0.6 is 22.7 Å². The van der Waals surface area contributed by atoms with Crippen molar-refractivity contribution in [3.63, 3.8) is 0 Å². The van der Waals surface area contributed by atoms with E-state index in [9.17, 15) is 4.79 Å². The van der Waals surface area contributed by atoms with Crippen molar-refractivity contribution >= 4 is 44.7 Å². The molecule has 7 nitrogen and oxygen atoms in total. The summed E-state index contributed by atoms with van der Waals surface area (Å²) in [5, 5.41) is 21.7. The molecule has 0 saturated carbocycles. The molecule has 0 fully saturated rings. The molecule has 4 heterocycles. The zero-order valence-electron chi connectivity index (χ0n) is 17.7. The molecule has 0 atom stereocenters. The second kappa shape index (κ2) is 8.25. The number of fused-ring (bicyclic) bond motifs is 1. The van der Waals surface area contributed by atoms with E-state index in [4.69, 9.17) is 4.98 Å². The molecule has 0 aliphatic heterocycles. The fraction of sp³-hybridized carbons (Fsp3) is 0.174. The van der Waals surface area contributed by atoms with Gasteiger partial charge in [0.15, 0.2) is 5.65 Å². The van der Waals surface area contributed by atoms with E-state index in [-0.39, 0.29) is 11.9 Å². The summed E-state index contributed by atoms with van der Waals surface area (Å²) in [4.78, 5) is 18.2. The van der Waals surface area contributed by atoms with Crippen LogP contribution in [-0.2, 0) is 0 Å². The molecule has 160 valence electrons. The molecule has 5 rings (SSSR count). The zero-order chi connectivity index (χ0) is 22.2. The first-order valence-electron chi connectivity index (χ1n) is 10.1. The Balaban J connectivity index is 1.58. The molecule has 0 unspecified atom stereocenters. The minimum atomic E-state index is -0.261. The van der Waals surface area contributed by atoms with Gasteiger partial charge < -0.3 is 0 Å². The number of pyridine rings is 1. The Morgan fingerprint density at radius 3 is 2.75 bits per heavy atom. The summed E-state index contributed by atoms with van der Waals surface area (Å²) < 4.78 is 1.84. The molecule has 0 aliphatic carbocycles. The largest absolute Gasteiger partial charge is 0.296 e. The van der Waals surface area contributed by atoms with Crippen molar-refractivity contribution in [3.05, 3.63) is 64.5 Å². The monoisotopic (exact) mass is 460 g/mol. The van der Waals surface area contributed by atoms with Crippen LogP contribution in [0.3, 0.4) is 0 Å². The average Bonchev–Trinajstić information content (AvgIpc) is 3.53. The minimum absolute atomic E-state index is 0.111. The smallest absolute Gasteiger partial charge is 0.258 e. The summed E-state index contributed by atoms with van der Waals surface area (Å²) in [6, 6.07) is 11.9. The summed E-state index contributed by atoms with van der Waals surface area (Å²) in [6.45, 7) is 6.12. The molecule has 1 N–H and O–H groups in total. The van der Waals surface area contributed by atoms with Gasteiger partial charge >= 0.3 is 0 Å². The van der Waals surface area contributed by atoms with Crippen LogP contribution in [0.5, 0.6) is 0 Å². The van der Waals surface area contributed by atoms with Gasteiger partial charge in [-0.05, 0) is 43.8 Å². The van der Waals surface area contributed by atoms with Crippen LogP contribution in [0.1, 0.15) is 35.8 Å². The van der Waals surface area contributed by atoms with E-state index in [2.05, 4.69) is 20.6 Å². The Morgan fingerprint density at radius 2 is 2.00 bits per heavy atom. The lowest BCUT2D eigenvalue weighted by Crippen LogP contribution is -2.13. The maximum Gasteiger partial charge on any atom is 0.258 e. The number of aromatic nitrogens is 5. The predicted molar refractivity (Wildman–Crippen MR) is 129 cm³/mol. The Labute approximate surface area is 192 Å². The quantitative estimate of drug-likeness (QED) is 0.357. The third-order valence-corrected chi connectivity index (χ3v) is 6.71. The van der Waals surface area contributed by atoms with Crippen molar-refractivity contribution in [2.45, 2.75) is 26.8 Å². The molecule has 0 aliphatic rings. The molecule has 9 heteroatoms. The second-order valence-corrected chi connectivity index (χ2v) is 9.43. The zero-order valence-corrected chi connectivity index (χ0v) is 19.4. The molecule has 32 heavy (non-hydrogen) atoms. The Kier molecular flexibility index (Phi) is 5.28. The molecule has 0 spiro atoms. The van der Waals surface area contributed by atoms with Gasteiger partial charge in [-0.2, -0.15) is 16.4 Å². The number of carbonyl (C=O) groups is 1. The summed E-state index contributed by atoms with van der Waals surface area (Å²) in [5.74, 6) is -0.261. The molecule has 5 aromatic rings. The molecule has 0 radical (unpaired) electrons. The molecule has 0 bridgehead atoms. The van der Waals surface area contributed by atoms with Crippen molar-refractivity contribution in [1.29, 1.82) is 0 Å². The van der Waals surface area contributed by atoms with Crippen LogP contribution in [0.15, 0.2) is 53.4 Å². The van der Waals surface area contributed by atoms with E-state index in [1.165, 1.54) is 11.3 Å². The molecular formula is C23H20N6OS2. The maximum atomic E-state index is 13.3. The molecule has 1 amide bonds. The van der Waals surface area contributed by atoms with Gasteiger partial charge in [0.2, 0.25) is 5.13 Å². The number of hydrogen-bond donors (Lipinski definition) is 1. The lowest BCUT2D eigenvalue weighted by molar-refractivity contribution is 0.102. The highest BCUT2D eigenvalue weighted by molar-refractivity contribution is 7.19. The third kappa shape index (κ3) is 3.69. The number of carbonyl (C=O) groups excluding carboxylic acids is 1. The maximum absolute atomic E-state index is 13.3. The number of anilines is 1. The van der Waals surface area contributed by atoms with Crippen molar-refractivity contribution in [1.82, 2.24) is 25.0 Å². The van der Waals surface area contributed by atoms with Gasteiger partial charge in [0.25, 0.3) is 5.91 Å². The Morgan fingerprint density at radius 1 is 1.16 bits per heavy atom. The first-order valence-corrected chi connectivity index (χ1v) is 11.9. The highest BCUT2D eigenvalue weighted by Gasteiger charge is 2.20. The molecule has 0 saturated heterocycles. The Bertz CT molecular complexity index is 1420. The second-order valence-electron chi connectivity index (χ2n) is 7.67. The van der Waals surface area contributed by atoms with Gasteiger partial charge in [0, 0.05) is 22.5 Å². The van der Waals surface area contributed by atoms with E-state index in [1.807, 2.05) is 72.6 Å². The number of nitrogens with one attached hydrogen (secondary N) is 1. The summed E-state index contributed by atoms with van der Waals surface area (Å²) >= 11 is 2.94. The number of thiophene rings is 1. The number of hydrogen-bond acceptors (Lipinski definition) is 7. The van der Waals surface area contributed by atoms with Crippen LogP contribution < -0.4 is 5.32 Å². The van der Waals surface area contributed by atoms with Gasteiger partial charge in [-0.3, -0.25) is 10.1 Å². The highest BCUT2D eigenvalue weighted by atomic mass is 32.1. The van der Waals surface area contributed by atoms with Crippen LogP contribution in [0.25, 0.3) is 32.9 Å². The minimum Gasteiger partial charge on any atom is -0.296 e. The SMILES string of the molecule is Cc1ccccc1-c1cc(C(=O)Nc2nnc(-c3ccsc3)s2)c2cnn(C(C)C)c2n1. The van der Waals surface area contributed by atoms with Gasteiger partial charge in [-0.1, -0.05) is 35.6 Å². The first kappa shape index (κ1) is 20.5. The third-order valence-electron chi connectivity index (χ3n) is 5.14. The number of amides is 1. The fourth-order valence-corrected chi connectivity index (χ4v) is 4.97. The first-order chi connectivity index (χ1) is 15.5. The van der Waals surface area contributed by atoms with Crippen LogP contribution in [0.2, 0.25) is 0 Å². The van der Waals surface area contributed by atoms with Crippen molar-refractivity contribution < 1.29 is 4.79 Å². The molecule has 4 aromatic heterocycles. The number of rotatable bonds is 5. The van der Waals surface area contributed by atoms with Crippen molar-refractivity contribution in [3.8, 4) is 21.8 Å². The average molecular weight is 461 g/mol. The lowest BCUT2D eigenvalue weighted by atomic mass is 10.0. The highest BCUT2D eigenvalue weighted by Crippen LogP contribution is 2.31. The van der Waals surface area contributed by atoms with E-state index in [1.54, 1.807) is 17.5 Å². The van der Waals surface area contributed by atoms with Crippen molar-refractivity contribution in [2.75, 3.05) is 5.32 Å². The van der Waals surface area contributed by atoms with Gasteiger partial charge in [-0.15, -0.1) is 10.2 Å². The van der Waals surface area contributed by atoms with Gasteiger partial charge in [0.1, 0.15) is 5.01 Å². The van der Waals surface area contributed by atoms with E-state index in [0.717, 1.165) is 27.4 Å². The van der Waals surface area contributed by atoms with Crippen LogP contribution in [-0.4, -0.2) is 30.9 Å². The predicted octanol–water partition coefficient (Wildman–Crippen LogP) is 5.82. The topological polar surface area (TPSA) is 85.6 Å². The number of nitrogens with zero attached hydrogens (tertiary/aromatic N) is 5. The summed E-state index contributed by atoms with van der Waals surface area (Å²) in [6.07, 6.45) is 1.70. The number of aryl methyl sites for hydroxylation is 1. The van der Waals surface area contributed by atoms with Crippen molar-refractivity contribution in [2.24, 2.45) is 0 Å².